The lowest BCUT2D eigenvalue weighted by Gasteiger charge is -2.05. The Labute approximate surface area is 138 Å². The molecule has 0 radical (unpaired) electrons. The molecule has 1 heterocycles. The Hall–Kier alpha value is -1.44. The average Bonchev–Trinajstić information content (AvgIpc) is 2.84. The molecule has 0 spiro atoms. The Bertz CT molecular complexity index is 690. The summed E-state index contributed by atoms with van der Waals surface area (Å²) in [5.74, 6) is -0.356. The molecule has 0 aliphatic rings. The monoisotopic (exact) mass is 388 g/mol. The molecule has 0 unspecified atom stereocenters. The summed E-state index contributed by atoms with van der Waals surface area (Å²) in [7, 11) is 0. The molecule has 1 aromatic heterocycles. The molecule has 0 fully saturated rings. The van der Waals surface area contributed by atoms with E-state index in [1.165, 1.54) is 18.2 Å². The van der Waals surface area contributed by atoms with E-state index in [-0.39, 0.29) is 22.2 Å². The highest BCUT2D eigenvalue weighted by Crippen LogP contribution is 2.25. The number of benzene rings is 1. The van der Waals surface area contributed by atoms with Crippen LogP contribution in [0.4, 0.5) is 5.69 Å². The third-order valence-electron chi connectivity index (χ3n) is 2.69. The minimum Gasteiger partial charge on any atom is -0.352 e. The van der Waals surface area contributed by atoms with Gasteiger partial charge in [-0.15, -0.1) is 11.3 Å². The summed E-state index contributed by atoms with van der Waals surface area (Å²) >= 11 is 10.7. The fourth-order valence-electron chi connectivity index (χ4n) is 1.68. The molecule has 1 amide bonds. The maximum absolute atomic E-state index is 11.9. The highest BCUT2D eigenvalue weighted by atomic mass is 79.9. The number of carbonyl (C=O) groups is 1. The van der Waals surface area contributed by atoms with Crippen molar-refractivity contribution in [1.82, 2.24) is 5.32 Å². The van der Waals surface area contributed by atoms with Crippen LogP contribution in [-0.4, -0.2) is 17.4 Å². The van der Waals surface area contributed by atoms with Crippen LogP contribution >= 0.6 is 38.9 Å². The molecule has 0 aliphatic carbocycles. The van der Waals surface area contributed by atoms with E-state index in [1.807, 2.05) is 12.1 Å². The average molecular weight is 390 g/mol. The third kappa shape index (κ3) is 4.26. The summed E-state index contributed by atoms with van der Waals surface area (Å²) in [6, 6.07) is 7.93. The van der Waals surface area contributed by atoms with Crippen molar-refractivity contribution < 1.29 is 9.72 Å². The molecule has 0 bridgehead atoms. The van der Waals surface area contributed by atoms with E-state index < -0.39 is 4.92 Å². The lowest BCUT2D eigenvalue weighted by Crippen LogP contribution is -2.25. The van der Waals surface area contributed by atoms with Gasteiger partial charge in [-0.1, -0.05) is 11.6 Å². The number of halogens is 2. The van der Waals surface area contributed by atoms with E-state index in [9.17, 15) is 14.9 Å². The predicted molar refractivity (Wildman–Crippen MR) is 86.2 cm³/mol. The molecule has 2 aromatic rings. The number of amides is 1. The van der Waals surface area contributed by atoms with Gasteiger partial charge in [0.1, 0.15) is 5.02 Å². The lowest BCUT2D eigenvalue weighted by atomic mass is 10.2. The summed E-state index contributed by atoms with van der Waals surface area (Å²) < 4.78 is 1.04. The van der Waals surface area contributed by atoms with Crippen molar-refractivity contribution in [3.05, 3.63) is 59.7 Å². The fourth-order valence-corrected chi connectivity index (χ4v) is 3.35. The highest BCUT2D eigenvalue weighted by Gasteiger charge is 2.16. The van der Waals surface area contributed by atoms with Crippen molar-refractivity contribution in [3.63, 3.8) is 0 Å². The Balaban J connectivity index is 1.97. The van der Waals surface area contributed by atoms with Gasteiger partial charge in [0, 0.05) is 23.1 Å². The Kier molecular flexibility index (Phi) is 5.33. The molecule has 5 nitrogen and oxygen atoms in total. The van der Waals surface area contributed by atoms with Crippen molar-refractivity contribution in [2.24, 2.45) is 0 Å². The first kappa shape index (κ1) is 15.9. The minimum atomic E-state index is -0.609. The number of nitrogens with zero attached hydrogens (tertiary/aromatic N) is 1. The second-order valence-electron chi connectivity index (χ2n) is 4.14. The van der Waals surface area contributed by atoms with Crippen LogP contribution in [0.3, 0.4) is 0 Å². The van der Waals surface area contributed by atoms with Gasteiger partial charge in [0.05, 0.1) is 8.71 Å². The minimum absolute atomic E-state index is 0.0139. The summed E-state index contributed by atoms with van der Waals surface area (Å²) in [5.41, 5.74) is -0.0510. The predicted octanol–water partition coefficient (Wildman–Crippen LogP) is 4.04. The van der Waals surface area contributed by atoms with Crippen LogP contribution in [0.1, 0.15) is 15.2 Å². The maximum Gasteiger partial charge on any atom is 0.288 e. The number of hydrogen-bond acceptors (Lipinski definition) is 4. The molecule has 1 aromatic carbocycles. The standard InChI is InChI=1S/C13H10BrClN2O3S/c14-12-4-2-9(21-12)5-6-16-13(18)8-1-3-10(15)11(7-8)17(19)20/h1-4,7H,5-6H2,(H,16,18). The topological polar surface area (TPSA) is 72.2 Å². The van der Waals surface area contributed by atoms with Crippen LogP contribution in [0.25, 0.3) is 0 Å². The normalized spacial score (nSPS) is 10.4. The Morgan fingerprint density at radius 3 is 2.76 bits per heavy atom. The van der Waals surface area contributed by atoms with E-state index in [0.717, 1.165) is 8.66 Å². The Morgan fingerprint density at radius 1 is 1.38 bits per heavy atom. The summed E-state index contributed by atoms with van der Waals surface area (Å²) in [4.78, 5) is 23.3. The molecular weight excluding hydrogens is 380 g/mol. The van der Waals surface area contributed by atoms with E-state index in [2.05, 4.69) is 21.2 Å². The summed E-state index contributed by atoms with van der Waals surface area (Å²) in [6.07, 6.45) is 0.706. The van der Waals surface area contributed by atoms with Crippen molar-refractivity contribution in [3.8, 4) is 0 Å². The first-order valence-corrected chi connectivity index (χ1v) is 7.92. The van der Waals surface area contributed by atoms with Gasteiger partial charge in [-0.25, -0.2) is 0 Å². The molecule has 0 atom stereocenters. The van der Waals surface area contributed by atoms with Crippen LogP contribution < -0.4 is 5.32 Å². The van der Waals surface area contributed by atoms with Crippen LogP contribution in [0.5, 0.6) is 0 Å². The molecule has 0 aliphatic heterocycles. The Morgan fingerprint density at radius 2 is 2.14 bits per heavy atom. The van der Waals surface area contributed by atoms with Crippen molar-refractivity contribution >= 4 is 50.5 Å². The highest BCUT2D eigenvalue weighted by molar-refractivity contribution is 9.11. The number of nitrogens with one attached hydrogen (secondary N) is 1. The number of hydrogen-bond donors (Lipinski definition) is 1. The second kappa shape index (κ2) is 7.02. The number of thiophene rings is 1. The van der Waals surface area contributed by atoms with E-state index in [1.54, 1.807) is 11.3 Å². The van der Waals surface area contributed by atoms with Gasteiger partial charge >= 0.3 is 0 Å². The quantitative estimate of drug-likeness (QED) is 0.619. The van der Waals surface area contributed by atoms with Gasteiger partial charge in [-0.3, -0.25) is 14.9 Å². The fraction of sp³-hybridized carbons (Fsp3) is 0.154. The van der Waals surface area contributed by atoms with Gasteiger partial charge in [0.25, 0.3) is 11.6 Å². The summed E-state index contributed by atoms with van der Waals surface area (Å²) in [6.45, 7) is 0.461. The van der Waals surface area contributed by atoms with Crippen molar-refractivity contribution in [2.75, 3.05) is 6.54 Å². The summed E-state index contributed by atoms with van der Waals surface area (Å²) in [5, 5.41) is 13.5. The van der Waals surface area contributed by atoms with E-state index in [0.29, 0.717) is 13.0 Å². The van der Waals surface area contributed by atoms with Crippen LogP contribution in [0.2, 0.25) is 5.02 Å². The lowest BCUT2D eigenvalue weighted by molar-refractivity contribution is -0.384. The molecule has 0 saturated carbocycles. The molecular formula is C13H10BrClN2O3S. The molecule has 110 valence electrons. The van der Waals surface area contributed by atoms with Crippen molar-refractivity contribution in [2.45, 2.75) is 6.42 Å². The molecule has 0 saturated heterocycles. The number of carbonyl (C=O) groups excluding carboxylic acids is 1. The third-order valence-corrected chi connectivity index (χ3v) is 4.69. The van der Waals surface area contributed by atoms with Gasteiger partial charge in [-0.05, 0) is 46.6 Å². The largest absolute Gasteiger partial charge is 0.352 e. The van der Waals surface area contributed by atoms with E-state index >= 15 is 0 Å². The zero-order valence-electron chi connectivity index (χ0n) is 10.6. The van der Waals surface area contributed by atoms with E-state index in [4.69, 9.17) is 11.6 Å². The van der Waals surface area contributed by atoms with Gasteiger partial charge in [-0.2, -0.15) is 0 Å². The van der Waals surface area contributed by atoms with Gasteiger partial charge in [0.15, 0.2) is 0 Å². The van der Waals surface area contributed by atoms with Crippen LogP contribution in [0, 0.1) is 10.1 Å². The molecule has 8 heteroatoms. The SMILES string of the molecule is O=C(NCCc1ccc(Br)s1)c1ccc(Cl)c([N+](=O)[O-])c1. The first-order valence-electron chi connectivity index (χ1n) is 5.93. The van der Waals surface area contributed by atoms with Crippen molar-refractivity contribution in [1.29, 1.82) is 0 Å². The zero-order valence-corrected chi connectivity index (χ0v) is 13.8. The molecule has 2 rings (SSSR count). The smallest absolute Gasteiger partial charge is 0.288 e. The van der Waals surface area contributed by atoms with Crippen LogP contribution in [0.15, 0.2) is 34.1 Å². The van der Waals surface area contributed by atoms with Gasteiger partial charge in [0.2, 0.25) is 0 Å². The maximum atomic E-state index is 11.9. The van der Waals surface area contributed by atoms with Crippen LogP contribution in [-0.2, 0) is 6.42 Å². The second-order valence-corrected chi connectivity index (χ2v) is 7.09. The number of rotatable bonds is 5. The molecule has 1 N–H and O–H groups in total. The first-order chi connectivity index (χ1) is 9.97. The molecule has 21 heavy (non-hydrogen) atoms. The zero-order chi connectivity index (χ0) is 15.4. The number of nitro groups is 1. The van der Waals surface area contributed by atoms with Gasteiger partial charge < -0.3 is 5.32 Å². The number of nitro benzene ring substituents is 1.